The van der Waals surface area contributed by atoms with Gasteiger partial charge in [0.2, 0.25) is 0 Å². The van der Waals surface area contributed by atoms with Gasteiger partial charge >= 0.3 is 0 Å². The minimum atomic E-state index is -0.129. The third-order valence-electron chi connectivity index (χ3n) is 1.99. The van der Waals surface area contributed by atoms with E-state index in [9.17, 15) is 0 Å². The van der Waals surface area contributed by atoms with Gasteiger partial charge in [0.15, 0.2) is 0 Å². The fraction of sp³-hybridized carbons (Fsp3) is 0.429. The van der Waals surface area contributed by atoms with Crippen LogP contribution in [-0.4, -0.2) is 31.5 Å². The highest BCUT2D eigenvalue weighted by Crippen LogP contribution is 2.12. The zero-order valence-electron chi connectivity index (χ0n) is 10.1. The molecule has 17 heavy (non-hydrogen) atoms. The molecule has 0 heterocycles. The van der Waals surface area contributed by atoms with Crippen molar-refractivity contribution in [2.24, 2.45) is 0 Å². The largest absolute Gasteiger partial charge is 0.491 e. The Bertz CT molecular complexity index is 377. The molecule has 0 spiro atoms. The van der Waals surface area contributed by atoms with E-state index in [1.807, 2.05) is 24.3 Å². The molecule has 0 aliphatic heterocycles. The fourth-order valence-electron chi connectivity index (χ4n) is 1.27. The number of rotatable bonds is 6. The van der Waals surface area contributed by atoms with Crippen molar-refractivity contribution in [3.8, 4) is 17.6 Å². The molecule has 0 saturated heterocycles. The Labute approximate surface area is 102 Å². The molecule has 0 saturated carbocycles. The number of hydrogen-bond donors (Lipinski definition) is 1. The van der Waals surface area contributed by atoms with Crippen LogP contribution in [0.2, 0.25) is 0 Å². The van der Waals surface area contributed by atoms with Gasteiger partial charge in [-0.15, -0.1) is 0 Å². The van der Waals surface area contributed by atoms with Gasteiger partial charge in [0, 0.05) is 12.2 Å². The standard InChI is InChI=1S/C14H18O3/c1-2-9-16-10-11-17-14-7-3-5-13(12-14)6-4-8-15/h3,5,7,12,15H,2,8-11H2,1H3. The molecule has 3 nitrogen and oxygen atoms in total. The van der Waals surface area contributed by atoms with Crippen LogP contribution in [0.3, 0.4) is 0 Å². The summed E-state index contributed by atoms with van der Waals surface area (Å²) in [7, 11) is 0. The minimum absolute atomic E-state index is 0.129. The van der Waals surface area contributed by atoms with Gasteiger partial charge in [0.1, 0.15) is 19.0 Å². The first-order chi connectivity index (χ1) is 8.36. The van der Waals surface area contributed by atoms with Gasteiger partial charge in [0.25, 0.3) is 0 Å². The minimum Gasteiger partial charge on any atom is -0.491 e. The van der Waals surface area contributed by atoms with Gasteiger partial charge in [-0.1, -0.05) is 24.8 Å². The van der Waals surface area contributed by atoms with Crippen LogP contribution in [0, 0.1) is 11.8 Å². The second-order valence-corrected chi connectivity index (χ2v) is 3.45. The van der Waals surface area contributed by atoms with E-state index in [1.54, 1.807) is 0 Å². The zero-order chi connectivity index (χ0) is 12.3. The normalized spacial score (nSPS) is 9.53. The molecule has 1 rings (SSSR count). The maximum Gasteiger partial charge on any atom is 0.120 e. The Morgan fingerprint density at radius 1 is 1.24 bits per heavy atom. The first-order valence-corrected chi connectivity index (χ1v) is 5.77. The molecule has 0 radical (unpaired) electrons. The number of aliphatic hydroxyl groups is 1. The van der Waals surface area contributed by atoms with E-state index in [0.717, 1.165) is 24.3 Å². The number of benzene rings is 1. The smallest absolute Gasteiger partial charge is 0.120 e. The lowest BCUT2D eigenvalue weighted by molar-refractivity contribution is 0.101. The predicted molar refractivity (Wildman–Crippen MR) is 67.0 cm³/mol. The molecule has 0 unspecified atom stereocenters. The fourth-order valence-corrected chi connectivity index (χ4v) is 1.27. The van der Waals surface area contributed by atoms with Gasteiger partial charge in [-0.2, -0.15) is 0 Å². The Morgan fingerprint density at radius 3 is 2.88 bits per heavy atom. The number of hydrogen-bond acceptors (Lipinski definition) is 3. The zero-order valence-corrected chi connectivity index (χ0v) is 10.1. The summed E-state index contributed by atoms with van der Waals surface area (Å²) in [5.41, 5.74) is 0.839. The van der Waals surface area contributed by atoms with E-state index < -0.39 is 0 Å². The van der Waals surface area contributed by atoms with Crippen molar-refractivity contribution in [2.45, 2.75) is 13.3 Å². The third kappa shape index (κ3) is 5.96. The molecule has 3 heteroatoms. The van der Waals surface area contributed by atoms with E-state index >= 15 is 0 Å². The first kappa shape index (κ1) is 13.6. The van der Waals surface area contributed by atoms with Gasteiger partial charge in [-0.25, -0.2) is 0 Å². The van der Waals surface area contributed by atoms with Crippen molar-refractivity contribution in [1.82, 2.24) is 0 Å². The van der Waals surface area contributed by atoms with Gasteiger partial charge < -0.3 is 14.6 Å². The second-order valence-electron chi connectivity index (χ2n) is 3.45. The van der Waals surface area contributed by atoms with E-state index in [-0.39, 0.29) is 6.61 Å². The summed E-state index contributed by atoms with van der Waals surface area (Å²) in [6.45, 7) is 3.85. The maximum atomic E-state index is 8.60. The monoisotopic (exact) mass is 234 g/mol. The van der Waals surface area contributed by atoms with Crippen LogP contribution in [0.4, 0.5) is 0 Å². The van der Waals surface area contributed by atoms with E-state index in [1.165, 1.54) is 0 Å². The van der Waals surface area contributed by atoms with Crippen molar-refractivity contribution >= 4 is 0 Å². The summed E-state index contributed by atoms with van der Waals surface area (Å²) in [6.07, 6.45) is 1.02. The third-order valence-corrected chi connectivity index (χ3v) is 1.99. The molecule has 1 aromatic carbocycles. The van der Waals surface area contributed by atoms with Crippen molar-refractivity contribution in [3.63, 3.8) is 0 Å². The topological polar surface area (TPSA) is 38.7 Å². The molecule has 92 valence electrons. The highest BCUT2D eigenvalue weighted by molar-refractivity contribution is 5.39. The van der Waals surface area contributed by atoms with Gasteiger partial charge in [-0.3, -0.25) is 0 Å². The molecule has 0 aliphatic carbocycles. The van der Waals surface area contributed by atoms with Crippen molar-refractivity contribution in [2.75, 3.05) is 26.4 Å². The maximum absolute atomic E-state index is 8.60. The van der Waals surface area contributed by atoms with Crippen LogP contribution >= 0.6 is 0 Å². The molecule has 0 amide bonds. The molecule has 0 aromatic heterocycles. The lowest BCUT2D eigenvalue weighted by Gasteiger charge is -2.06. The Kier molecular flexibility index (Phi) is 6.89. The van der Waals surface area contributed by atoms with Crippen molar-refractivity contribution in [1.29, 1.82) is 0 Å². The average molecular weight is 234 g/mol. The molecular weight excluding hydrogens is 216 g/mol. The molecule has 1 aromatic rings. The highest BCUT2D eigenvalue weighted by Gasteiger charge is 1.94. The lowest BCUT2D eigenvalue weighted by Crippen LogP contribution is -2.07. The quantitative estimate of drug-likeness (QED) is 0.603. The number of ether oxygens (including phenoxy) is 2. The number of aliphatic hydroxyl groups excluding tert-OH is 1. The van der Waals surface area contributed by atoms with E-state index in [2.05, 4.69) is 18.8 Å². The molecule has 0 bridgehead atoms. The molecule has 0 atom stereocenters. The summed E-state index contributed by atoms with van der Waals surface area (Å²) in [6, 6.07) is 7.49. The molecule has 0 fully saturated rings. The van der Waals surface area contributed by atoms with Crippen LogP contribution in [0.15, 0.2) is 24.3 Å². The Hall–Kier alpha value is -1.50. The van der Waals surface area contributed by atoms with Crippen molar-refractivity contribution in [3.05, 3.63) is 29.8 Å². The Balaban J connectivity index is 2.38. The Morgan fingerprint density at radius 2 is 2.12 bits per heavy atom. The predicted octanol–water partition coefficient (Wildman–Crippen LogP) is 1.84. The average Bonchev–Trinajstić information content (AvgIpc) is 2.37. The van der Waals surface area contributed by atoms with E-state index in [4.69, 9.17) is 14.6 Å². The van der Waals surface area contributed by atoms with Gasteiger partial charge in [-0.05, 0) is 24.6 Å². The molecule has 1 N–H and O–H groups in total. The van der Waals surface area contributed by atoms with Crippen LogP contribution in [0.5, 0.6) is 5.75 Å². The molecular formula is C14H18O3. The van der Waals surface area contributed by atoms with Gasteiger partial charge in [0.05, 0.1) is 6.61 Å². The summed E-state index contributed by atoms with van der Waals surface area (Å²) >= 11 is 0. The van der Waals surface area contributed by atoms with E-state index in [0.29, 0.717) is 13.2 Å². The summed E-state index contributed by atoms with van der Waals surface area (Å²) in [4.78, 5) is 0. The van der Waals surface area contributed by atoms with Crippen molar-refractivity contribution < 1.29 is 14.6 Å². The highest BCUT2D eigenvalue weighted by atomic mass is 16.5. The second kappa shape index (κ2) is 8.63. The van der Waals surface area contributed by atoms with Crippen LogP contribution < -0.4 is 4.74 Å². The van der Waals surface area contributed by atoms with Crippen LogP contribution in [-0.2, 0) is 4.74 Å². The molecule has 0 aliphatic rings. The van der Waals surface area contributed by atoms with Crippen LogP contribution in [0.1, 0.15) is 18.9 Å². The lowest BCUT2D eigenvalue weighted by atomic mass is 10.2. The van der Waals surface area contributed by atoms with Crippen LogP contribution in [0.25, 0.3) is 0 Å². The summed E-state index contributed by atoms with van der Waals surface area (Å²) in [5.74, 6) is 6.21. The summed E-state index contributed by atoms with van der Waals surface area (Å²) < 4.78 is 10.8. The first-order valence-electron chi connectivity index (χ1n) is 5.77. The SMILES string of the molecule is CCCOCCOc1cccc(C#CCO)c1. The summed E-state index contributed by atoms with van der Waals surface area (Å²) in [5, 5.41) is 8.60.